The molecule has 0 aliphatic carbocycles. The maximum absolute atomic E-state index is 4.80. The summed E-state index contributed by atoms with van der Waals surface area (Å²) >= 11 is 9.60. The third-order valence-electron chi connectivity index (χ3n) is 5.63. The number of hydrogen-bond donors (Lipinski definition) is 3. The van der Waals surface area contributed by atoms with Crippen LogP contribution in [0, 0.1) is 0 Å². The van der Waals surface area contributed by atoms with Crippen molar-refractivity contribution in [1.29, 1.82) is 0 Å². The monoisotopic (exact) mass is 459 g/mol. The second-order valence-electron chi connectivity index (χ2n) is 8.15. The fourth-order valence-electron chi connectivity index (χ4n) is 3.76. The Morgan fingerprint density at radius 1 is 0.677 bits per heavy atom. The van der Waals surface area contributed by atoms with Gasteiger partial charge in [0.15, 0.2) is 0 Å². The molecule has 2 aromatic carbocycles. The minimum atomic E-state index is 0.313. The Kier molecular flexibility index (Phi) is 13.4. The van der Waals surface area contributed by atoms with E-state index in [1.54, 1.807) is 0 Å². The van der Waals surface area contributed by atoms with Crippen LogP contribution in [0.25, 0.3) is 0 Å². The molecule has 2 aromatic rings. The molecule has 0 heterocycles. The maximum atomic E-state index is 4.80. The Bertz CT molecular complexity index is 624. The van der Waals surface area contributed by atoms with Crippen molar-refractivity contribution in [1.82, 2.24) is 15.1 Å². The highest BCUT2D eigenvalue weighted by Crippen LogP contribution is 2.15. The molecule has 0 aliphatic rings. The van der Waals surface area contributed by atoms with Crippen molar-refractivity contribution in [3.63, 3.8) is 0 Å². The average molecular weight is 460 g/mol. The van der Waals surface area contributed by atoms with Gasteiger partial charge in [0.2, 0.25) is 0 Å². The lowest BCUT2D eigenvalue weighted by atomic mass is 10.2. The highest BCUT2D eigenvalue weighted by molar-refractivity contribution is 7.81. The first kappa shape index (κ1) is 26.3. The third kappa shape index (κ3) is 10.5. The van der Waals surface area contributed by atoms with Crippen LogP contribution in [0.5, 0.6) is 0 Å². The third-order valence-corrected chi connectivity index (χ3v) is 7.01. The Morgan fingerprint density at radius 2 is 1.06 bits per heavy atom. The van der Waals surface area contributed by atoms with Crippen LogP contribution in [-0.2, 0) is 13.1 Å². The summed E-state index contributed by atoms with van der Waals surface area (Å²) in [7, 11) is 0. The summed E-state index contributed by atoms with van der Waals surface area (Å²) in [6.07, 6.45) is 4.40. The van der Waals surface area contributed by atoms with E-state index in [2.05, 4.69) is 89.6 Å². The molecule has 0 aromatic heterocycles. The van der Waals surface area contributed by atoms with Gasteiger partial charge >= 0.3 is 0 Å². The molecule has 2 atom stereocenters. The fraction of sp³-hybridized carbons (Fsp3) is 0.538. The first-order chi connectivity index (χ1) is 15.1. The summed E-state index contributed by atoms with van der Waals surface area (Å²) < 4.78 is 0. The van der Waals surface area contributed by atoms with E-state index in [1.165, 1.54) is 11.1 Å². The number of rotatable bonds is 16. The van der Waals surface area contributed by atoms with Gasteiger partial charge in [-0.2, -0.15) is 25.3 Å². The van der Waals surface area contributed by atoms with Gasteiger partial charge in [0, 0.05) is 26.2 Å². The molecule has 31 heavy (non-hydrogen) atoms. The van der Waals surface area contributed by atoms with Gasteiger partial charge < -0.3 is 5.32 Å². The predicted octanol–water partition coefficient (Wildman–Crippen LogP) is 5.69. The van der Waals surface area contributed by atoms with Gasteiger partial charge in [0.1, 0.15) is 0 Å². The number of thiol groups is 2. The van der Waals surface area contributed by atoms with Crippen LogP contribution in [-0.4, -0.2) is 46.7 Å². The van der Waals surface area contributed by atoms with Gasteiger partial charge in [0.05, 0.1) is 10.7 Å². The summed E-state index contributed by atoms with van der Waals surface area (Å²) in [5.41, 5.74) is 2.72. The molecule has 0 spiro atoms. The average Bonchev–Trinajstić information content (AvgIpc) is 2.82. The zero-order valence-corrected chi connectivity index (χ0v) is 21.1. The summed E-state index contributed by atoms with van der Waals surface area (Å²) in [6, 6.07) is 21.4. The Morgan fingerprint density at radius 3 is 1.42 bits per heavy atom. The number of hydrogen-bond acceptors (Lipinski definition) is 5. The predicted molar refractivity (Wildman–Crippen MR) is 142 cm³/mol. The minimum absolute atomic E-state index is 0.313. The van der Waals surface area contributed by atoms with E-state index in [9.17, 15) is 0 Å². The SMILES string of the molecule is CCC(S)N(CCCNCCCN(Cc1ccccc1)C(S)CC)Cc1ccccc1. The summed E-state index contributed by atoms with van der Waals surface area (Å²) in [6.45, 7) is 10.6. The van der Waals surface area contributed by atoms with Crippen molar-refractivity contribution in [2.45, 2.75) is 63.4 Å². The van der Waals surface area contributed by atoms with Crippen LogP contribution in [0.4, 0.5) is 0 Å². The molecule has 172 valence electrons. The van der Waals surface area contributed by atoms with Crippen molar-refractivity contribution in [3.8, 4) is 0 Å². The van der Waals surface area contributed by atoms with Crippen molar-refractivity contribution in [2.75, 3.05) is 26.2 Å². The van der Waals surface area contributed by atoms with Crippen LogP contribution in [0.2, 0.25) is 0 Å². The molecule has 2 rings (SSSR count). The van der Waals surface area contributed by atoms with Crippen LogP contribution >= 0.6 is 25.3 Å². The molecule has 1 N–H and O–H groups in total. The lowest BCUT2D eigenvalue weighted by molar-refractivity contribution is 0.234. The van der Waals surface area contributed by atoms with Gasteiger partial charge in [-0.1, -0.05) is 74.5 Å². The standard InChI is InChI=1S/C26H41N3S2/c1-3-25(30)28(21-23-13-7-5-8-14-23)19-11-17-27-18-12-20-29(26(31)4-2)22-24-15-9-6-10-16-24/h5-10,13-16,25-27,30-31H,3-4,11-12,17-22H2,1-2H3. The van der Waals surface area contributed by atoms with Crippen molar-refractivity contribution >= 4 is 25.3 Å². The number of benzene rings is 2. The first-order valence-corrected chi connectivity index (χ1v) is 12.8. The van der Waals surface area contributed by atoms with E-state index in [0.717, 1.165) is 65.0 Å². The van der Waals surface area contributed by atoms with Gasteiger partial charge in [0.25, 0.3) is 0 Å². The molecule has 0 aliphatic heterocycles. The van der Waals surface area contributed by atoms with Crippen LogP contribution < -0.4 is 5.32 Å². The van der Waals surface area contributed by atoms with E-state index in [1.807, 2.05) is 0 Å². The molecular formula is C26H41N3S2. The van der Waals surface area contributed by atoms with Gasteiger partial charge in [-0.3, -0.25) is 9.80 Å². The molecule has 0 radical (unpaired) electrons. The zero-order valence-electron chi connectivity index (χ0n) is 19.3. The first-order valence-electron chi connectivity index (χ1n) is 11.8. The topological polar surface area (TPSA) is 18.5 Å². The van der Waals surface area contributed by atoms with Crippen molar-refractivity contribution in [3.05, 3.63) is 71.8 Å². The molecule has 2 unspecified atom stereocenters. The maximum Gasteiger partial charge on any atom is 0.0528 e. The van der Waals surface area contributed by atoms with E-state index >= 15 is 0 Å². The zero-order chi connectivity index (χ0) is 22.3. The van der Waals surface area contributed by atoms with Crippen molar-refractivity contribution < 1.29 is 0 Å². The van der Waals surface area contributed by atoms with Crippen LogP contribution in [0.15, 0.2) is 60.7 Å². The highest BCUT2D eigenvalue weighted by Gasteiger charge is 2.14. The quantitative estimate of drug-likeness (QED) is 0.170. The normalized spacial score (nSPS) is 13.6. The molecule has 0 saturated carbocycles. The largest absolute Gasteiger partial charge is 0.317 e. The minimum Gasteiger partial charge on any atom is -0.317 e. The highest BCUT2D eigenvalue weighted by atomic mass is 32.1. The second kappa shape index (κ2) is 15.8. The van der Waals surface area contributed by atoms with E-state index in [4.69, 9.17) is 25.3 Å². The van der Waals surface area contributed by atoms with Gasteiger partial charge in [-0.15, -0.1) is 0 Å². The smallest absolute Gasteiger partial charge is 0.0528 e. The number of nitrogens with zero attached hydrogens (tertiary/aromatic N) is 2. The molecule has 0 fully saturated rings. The molecule has 3 nitrogen and oxygen atoms in total. The van der Waals surface area contributed by atoms with Gasteiger partial charge in [-0.25, -0.2) is 0 Å². The van der Waals surface area contributed by atoms with E-state index < -0.39 is 0 Å². The number of nitrogens with one attached hydrogen (secondary N) is 1. The molecular weight excluding hydrogens is 418 g/mol. The van der Waals surface area contributed by atoms with Crippen LogP contribution in [0.3, 0.4) is 0 Å². The molecule has 5 heteroatoms. The lowest BCUT2D eigenvalue weighted by Gasteiger charge is -2.28. The molecule has 0 amide bonds. The summed E-state index contributed by atoms with van der Waals surface area (Å²) in [5.74, 6) is 0. The fourth-order valence-corrected chi connectivity index (χ4v) is 4.15. The second-order valence-corrected chi connectivity index (χ2v) is 9.34. The summed E-state index contributed by atoms with van der Waals surface area (Å²) in [4.78, 5) is 4.96. The Hall–Kier alpha value is -0.980. The van der Waals surface area contributed by atoms with Crippen molar-refractivity contribution in [2.24, 2.45) is 0 Å². The van der Waals surface area contributed by atoms with E-state index in [0.29, 0.717) is 10.7 Å². The Labute approximate surface area is 201 Å². The Balaban J connectivity index is 1.67. The molecule has 0 saturated heterocycles. The summed E-state index contributed by atoms with van der Waals surface area (Å²) in [5, 5.41) is 4.26. The van der Waals surface area contributed by atoms with Crippen LogP contribution in [0.1, 0.15) is 50.7 Å². The molecule has 0 bridgehead atoms. The lowest BCUT2D eigenvalue weighted by Crippen LogP contribution is -2.34. The van der Waals surface area contributed by atoms with E-state index in [-0.39, 0.29) is 0 Å². The van der Waals surface area contributed by atoms with Gasteiger partial charge in [-0.05, 0) is 49.9 Å².